The SMILES string of the molecule is CNCc1ccccc1-c1sc(C(C)C)cc1C. The summed E-state index contributed by atoms with van der Waals surface area (Å²) >= 11 is 1.93. The van der Waals surface area contributed by atoms with Gasteiger partial charge in [0.25, 0.3) is 0 Å². The van der Waals surface area contributed by atoms with Gasteiger partial charge in [0.1, 0.15) is 0 Å². The molecule has 1 aromatic heterocycles. The molecule has 2 heteroatoms. The fraction of sp³-hybridized carbons (Fsp3) is 0.375. The Labute approximate surface area is 114 Å². The molecule has 1 nitrogen and oxygen atoms in total. The third-order valence-corrected chi connectivity index (χ3v) is 4.71. The predicted octanol–water partition coefficient (Wildman–Crippen LogP) is 4.57. The summed E-state index contributed by atoms with van der Waals surface area (Å²) in [5.41, 5.74) is 4.15. The molecular formula is C16H21NS. The molecule has 18 heavy (non-hydrogen) atoms. The molecule has 2 aromatic rings. The molecular weight excluding hydrogens is 238 g/mol. The molecule has 0 aliphatic carbocycles. The topological polar surface area (TPSA) is 12.0 Å². The smallest absolute Gasteiger partial charge is 0.0378 e. The Kier molecular flexibility index (Phi) is 4.20. The molecule has 0 atom stereocenters. The van der Waals surface area contributed by atoms with Crippen molar-refractivity contribution in [1.82, 2.24) is 5.32 Å². The first-order valence-corrected chi connectivity index (χ1v) is 7.28. The monoisotopic (exact) mass is 259 g/mol. The van der Waals surface area contributed by atoms with Crippen LogP contribution in [-0.2, 0) is 6.54 Å². The standard InChI is InChI=1S/C16H21NS/c1-11(2)15-9-12(3)16(18-15)14-8-6-5-7-13(14)10-17-4/h5-9,11,17H,10H2,1-4H3. The molecule has 0 aliphatic heterocycles. The minimum Gasteiger partial charge on any atom is -0.316 e. The second-order valence-corrected chi connectivity index (χ2v) is 6.09. The quantitative estimate of drug-likeness (QED) is 0.848. The lowest BCUT2D eigenvalue weighted by atomic mass is 10.0. The van der Waals surface area contributed by atoms with E-state index < -0.39 is 0 Å². The largest absolute Gasteiger partial charge is 0.316 e. The number of thiophene rings is 1. The summed E-state index contributed by atoms with van der Waals surface area (Å²) in [6, 6.07) is 11.0. The van der Waals surface area contributed by atoms with E-state index in [9.17, 15) is 0 Å². The van der Waals surface area contributed by atoms with Gasteiger partial charge in [-0.2, -0.15) is 0 Å². The van der Waals surface area contributed by atoms with Crippen LogP contribution >= 0.6 is 11.3 Å². The Morgan fingerprint density at radius 2 is 1.94 bits per heavy atom. The van der Waals surface area contributed by atoms with E-state index in [0.717, 1.165) is 6.54 Å². The van der Waals surface area contributed by atoms with E-state index in [4.69, 9.17) is 0 Å². The zero-order valence-corrected chi connectivity index (χ0v) is 12.4. The van der Waals surface area contributed by atoms with Crippen molar-refractivity contribution in [2.45, 2.75) is 33.2 Å². The zero-order valence-electron chi connectivity index (χ0n) is 11.6. The van der Waals surface area contributed by atoms with Crippen LogP contribution in [-0.4, -0.2) is 7.05 Å². The van der Waals surface area contributed by atoms with Crippen molar-refractivity contribution in [2.75, 3.05) is 7.05 Å². The third-order valence-electron chi connectivity index (χ3n) is 3.14. The van der Waals surface area contributed by atoms with E-state index in [0.29, 0.717) is 5.92 Å². The Bertz CT molecular complexity index is 526. The molecule has 1 aromatic carbocycles. The van der Waals surface area contributed by atoms with Gasteiger partial charge in [-0.3, -0.25) is 0 Å². The van der Waals surface area contributed by atoms with E-state index in [1.807, 2.05) is 18.4 Å². The molecule has 96 valence electrons. The molecule has 0 saturated heterocycles. The zero-order chi connectivity index (χ0) is 13.1. The summed E-state index contributed by atoms with van der Waals surface area (Å²) in [5, 5.41) is 3.25. The number of hydrogen-bond donors (Lipinski definition) is 1. The molecule has 1 N–H and O–H groups in total. The Balaban J connectivity index is 2.48. The number of nitrogens with one attached hydrogen (secondary N) is 1. The molecule has 1 heterocycles. The third kappa shape index (κ3) is 2.65. The maximum atomic E-state index is 3.25. The fourth-order valence-electron chi connectivity index (χ4n) is 2.15. The van der Waals surface area contributed by atoms with Crippen molar-refractivity contribution in [1.29, 1.82) is 0 Å². The molecule has 0 fully saturated rings. The van der Waals surface area contributed by atoms with Gasteiger partial charge in [-0.05, 0) is 42.6 Å². The highest BCUT2D eigenvalue weighted by molar-refractivity contribution is 7.15. The highest BCUT2D eigenvalue weighted by Gasteiger charge is 2.12. The molecule has 0 bridgehead atoms. The summed E-state index contributed by atoms with van der Waals surface area (Å²) in [4.78, 5) is 2.89. The minimum atomic E-state index is 0.610. The fourth-order valence-corrected chi connectivity index (χ4v) is 3.38. The second kappa shape index (κ2) is 5.68. The van der Waals surface area contributed by atoms with Gasteiger partial charge in [-0.1, -0.05) is 38.1 Å². The van der Waals surface area contributed by atoms with Crippen LogP contribution in [0.5, 0.6) is 0 Å². The number of aryl methyl sites for hydroxylation is 1. The van der Waals surface area contributed by atoms with Crippen LogP contribution in [0.25, 0.3) is 10.4 Å². The average Bonchev–Trinajstić information content (AvgIpc) is 2.73. The van der Waals surface area contributed by atoms with Gasteiger partial charge in [0.2, 0.25) is 0 Å². The number of hydrogen-bond acceptors (Lipinski definition) is 2. The van der Waals surface area contributed by atoms with Gasteiger partial charge in [-0.25, -0.2) is 0 Å². The Morgan fingerprint density at radius 3 is 2.56 bits per heavy atom. The van der Waals surface area contributed by atoms with Gasteiger partial charge in [-0.15, -0.1) is 11.3 Å². The van der Waals surface area contributed by atoms with E-state index >= 15 is 0 Å². The van der Waals surface area contributed by atoms with Crippen LogP contribution in [0.2, 0.25) is 0 Å². The highest BCUT2D eigenvalue weighted by Crippen LogP contribution is 2.37. The van der Waals surface area contributed by atoms with Gasteiger partial charge >= 0.3 is 0 Å². The van der Waals surface area contributed by atoms with Crippen molar-refractivity contribution in [2.24, 2.45) is 0 Å². The van der Waals surface area contributed by atoms with Crippen molar-refractivity contribution in [3.8, 4) is 10.4 Å². The molecule has 0 amide bonds. The van der Waals surface area contributed by atoms with E-state index in [1.54, 1.807) is 0 Å². The van der Waals surface area contributed by atoms with Gasteiger partial charge in [0, 0.05) is 16.3 Å². The van der Waals surface area contributed by atoms with Crippen LogP contribution in [0.1, 0.15) is 35.8 Å². The van der Waals surface area contributed by atoms with Crippen molar-refractivity contribution in [3.63, 3.8) is 0 Å². The molecule has 2 rings (SSSR count). The van der Waals surface area contributed by atoms with E-state index in [1.165, 1.54) is 26.4 Å². The summed E-state index contributed by atoms with van der Waals surface area (Å²) < 4.78 is 0. The first-order valence-electron chi connectivity index (χ1n) is 6.46. The summed E-state index contributed by atoms with van der Waals surface area (Å²) in [6.45, 7) is 7.65. The van der Waals surface area contributed by atoms with Crippen molar-refractivity contribution >= 4 is 11.3 Å². The summed E-state index contributed by atoms with van der Waals surface area (Å²) in [6.07, 6.45) is 0. The van der Waals surface area contributed by atoms with Crippen LogP contribution in [0, 0.1) is 6.92 Å². The van der Waals surface area contributed by atoms with Gasteiger partial charge in [0.05, 0.1) is 0 Å². The van der Waals surface area contributed by atoms with E-state index in [2.05, 4.69) is 56.4 Å². The predicted molar refractivity (Wildman–Crippen MR) is 81.3 cm³/mol. The lowest BCUT2D eigenvalue weighted by molar-refractivity contribution is 0.819. The van der Waals surface area contributed by atoms with Gasteiger partial charge in [0.15, 0.2) is 0 Å². The van der Waals surface area contributed by atoms with Crippen LogP contribution in [0.3, 0.4) is 0 Å². The van der Waals surface area contributed by atoms with Crippen molar-refractivity contribution in [3.05, 3.63) is 46.3 Å². The molecule has 0 saturated carbocycles. The average molecular weight is 259 g/mol. The lowest BCUT2D eigenvalue weighted by Crippen LogP contribution is -2.06. The summed E-state index contributed by atoms with van der Waals surface area (Å²) in [5.74, 6) is 0.610. The van der Waals surface area contributed by atoms with Crippen molar-refractivity contribution < 1.29 is 0 Å². The van der Waals surface area contributed by atoms with E-state index in [-0.39, 0.29) is 0 Å². The maximum absolute atomic E-state index is 3.25. The highest BCUT2D eigenvalue weighted by atomic mass is 32.1. The van der Waals surface area contributed by atoms with Crippen LogP contribution in [0.4, 0.5) is 0 Å². The summed E-state index contributed by atoms with van der Waals surface area (Å²) in [7, 11) is 2.00. The molecule has 0 unspecified atom stereocenters. The molecule has 0 aliphatic rings. The van der Waals surface area contributed by atoms with Gasteiger partial charge < -0.3 is 5.32 Å². The van der Waals surface area contributed by atoms with Crippen LogP contribution < -0.4 is 5.32 Å². The second-order valence-electron chi connectivity index (χ2n) is 5.00. The molecule has 0 spiro atoms. The lowest BCUT2D eigenvalue weighted by Gasteiger charge is -2.08. The first-order chi connectivity index (χ1) is 8.63. The molecule has 0 radical (unpaired) electrons. The normalized spacial score (nSPS) is 11.2. The Hall–Kier alpha value is -1.12. The number of rotatable bonds is 4. The number of benzene rings is 1. The minimum absolute atomic E-state index is 0.610. The Morgan fingerprint density at radius 1 is 1.22 bits per heavy atom. The first kappa shape index (κ1) is 13.3. The maximum Gasteiger partial charge on any atom is 0.0378 e. The van der Waals surface area contributed by atoms with Crippen LogP contribution in [0.15, 0.2) is 30.3 Å².